The fourth-order valence-corrected chi connectivity index (χ4v) is 3.85. The Bertz CT molecular complexity index is 1060. The van der Waals surface area contributed by atoms with Gasteiger partial charge in [0.25, 0.3) is 11.9 Å². The number of hydrogen-bond acceptors (Lipinski definition) is 7. The Morgan fingerprint density at radius 2 is 2.06 bits per heavy atom. The van der Waals surface area contributed by atoms with Crippen molar-refractivity contribution in [2.45, 2.75) is 25.7 Å². The predicted molar refractivity (Wildman–Crippen MR) is 113 cm³/mol. The van der Waals surface area contributed by atoms with Gasteiger partial charge in [0, 0.05) is 38.3 Å². The van der Waals surface area contributed by atoms with Crippen LogP contribution in [0, 0.1) is 6.92 Å². The number of nitrogens with one attached hydrogen (secondary N) is 1. The second-order valence-electron chi connectivity index (χ2n) is 7.99. The minimum Gasteiger partial charge on any atom is -0.460 e. The number of nitrogens with zero attached hydrogens (tertiary/aromatic N) is 5. The van der Waals surface area contributed by atoms with Crippen molar-refractivity contribution in [3.63, 3.8) is 0 Å². The van der Waals surface area contributed by atoms with Crippen LogP contribution in [0.4, 0.5) is 0 Å². The molecule has 1 aliphatic heterocycles. The van der Waals surface area contributed by atoms with Gasteiger partial charge in [0.05, 0.1) is 30.7 Å². The lowest BCUT2D eigenvalue weighted by Gasteiger charge is -2.26. The van der Waals surface area contributed by atoms with Gasteiger partial charge in [-0.1, -0.05) is 0 Å². The third-order valence-electron chi connectivity index (χ3n) is 5.66. The first-order valence-electron chi connectivity index (χ1n) is 10.8. The molecule has 1 amide bonds. The summed E-state index contributed by atoms with van der Waals surface area (Å²) in [7, 11) is 0. The number of carbonyl (C=O) groups is 1. The highest BCUT2D eigenvalue weighted by Gasteiger charge is 2.33. The summed E-state index contributed by atoms with van der Waals surface area (Å²) in [6.07, 6.45) is 5.40. The van der Waals surface area contributed by atoms with E-state index in [0.29, 0.717) is 35.4 Å². The molecule has 0 bridgehead atoms. The van der Waals surface area contributed by atoms with E-state index >= 15 is 0 Å². The molecule has 3 aromatic rings. The lowest BCUT2D eigenvalue weighted by molar-refractivity contribution is 0.0383. The lowest BCUT2D eigenvalue weighted by atomic mass is 10.1. The van der Waals surface area contributed by atoms with E-state index in [9.17, 15) is 4.79 Å². The molecule has 9 nitrogen and oxygen atoms in total. The molecule has 31 heavy (non-hydrogen) atoms. The lowest BCUT2D eigenvalue weighted by Crippen LogP contribution is -2.41. The first-order valence-corrected chi connectivity index (χ1v) is 10.8. The van der Waals surface area contributed by atoms with Crippen LogP contribution in [0.5, 0.6) is 0 Å². The SMILES string of the molecule is Cc1ccc(-c2ccnc(-n3ncc(C(=O)NCCN4CCOCC4)c3C3CC3)n2)o1. The van der Waals surface area contributed by atoms with Crippen LogP contribution in [0.15, 0.2) is 35.0 Å². The van der Waals surface area contributed by atoms with Crippen LogP contribution in [0.2, 0.25) is 0 Å². The maximum atomic E-state index is 12.9. The normalized spacial score (nSPS) is 17.1. The molecule has 0 radical (unpaired) electrons. The van der Waals surface area contributed by atoms with Gasteiger partial charge >= 0.3 is 0 Å². The van der Waals surface area contributed by atoms with Crippen molar-refractivity contribution in [3.8, 4) is 17.4 Å². The van der Waals surface area contributed by atoms with Crippen LogP contribution >= 0.6 is 0 Å². The minimum atomic E-state index is -0.0979. The number of furan rings is 1. The minimum absolute atomic E-state index is 0.0979. The number of aromatic nitrogens is 4. The van der Waals surface area contributed by atoms with Crippen LogP contribution in [0.1, 0.15) is 40.6 Å². The van der Waals surface area contributed by atoms with Crippen molar-refractivity contribution in [2.75, 3.05) is 39.4 Å². The molecule has 2 aliphatic rings. The fourth-order valence-electron chi connectivity index (χ4n) is 3.85. The van der Waals surface area contributed by atoms with Gasteiger partial charge in [-0.05, 0) is 38.0 Å². The number of morpholine rings is 1. The molecule has 1 aliphatic carbocycles. The van der Waals surface area contributed by atoms with Crippen LogP contribution in [-0.2, 0) is 4.74 Å². The number of aryl methyl sites for hydroxylation is 1. The van der Waals surface area contributed by atoms with Crippen molar-refractivity contribution in [2.24, 2.45) is 0 Å². The van der Waals surface area contributed by atoms with E-state index in [1.165, 1.54) is 0 Å². The summed E-state index contributed by atoms with van der Waals surface area (Å²) in [5, 5.41) is 7.52. The summed E-state index contributed by atoms with van der Waals surface area (Å²) in [6, 6.07) is 5.60. The Kier molecular flexibility index (Phi) is 5.52. The highest BCUT2D eigenvalue weighted by molar-refractivity contribution is 5.95. The molecule has 0 unspecified atom stereocenters. The number of ether oxygens (including phenoxy) is 1. The zero-order valence-corrected chi connectivity index (χ0v) is 17.6. The molecular weight excluding hydrogens is 396 g/mol. The maximum Gasteiger partial charge on any atom is 0.254 e. The van der Waals surface area contributed by atoms with Crippen LogP contribution in [0.3, 0.4) is 0 Å². The molecule has 0 spiro atoms. The third kappa shape index (κ3) is 4.38. The highest BCUT2D eigenvalue weighted by atomic mass is 16.5. The Morgan fingerprint density at radius 1 is 1.23 bits per heavy atom. The zero-order valence-electron chi connectivity index (χ0n) is 17.6. The van der Waals surface area contributed by atoms with Gasteiger partial charge in [-0.2, -0.15) is 5.10 Å². The predicted octanol–water partition coefficient (Wildman–Crippen LogP) is 2.17. The van der Waals surface area contributed by atoms with Crippen molar-refractivity contribution >= 4 is 5.91 Å². The van der Waals surface area contributed by atoms with Crippen molar-refractivity contribution in [1.82, 2.24) is 30.0 Å². The van der Waals surface area contributed by atoms with Crippen LogP contribution < -0.4 is 5.32 Å². The average molecular weight is 422 g/mol. The molecule has 9 heteroatoms. The summed E-state index contributed by atoms with van der Waals surface area (Å²) in [5.41, 5.74) is 2.18. The van der Waals surface area contributed by atoms with Crippen molar-refractivity contribution < 1.29 is 13.9 Å². The van der Waals surface area contributed by atoms with E-state index in [0.717, 1.165) is 57.1 Å². The smallest absolute Gasteiger partial charge is 0.254 e. The first kappa shape index (κ1) is 19.9. The summed E-state index contributed by atoms with van der Waals surface area (Å²) < 4.78 is 12.8. The number of carbonyl (C=O) groups excluding carboxylic acids is 1. The fraction of sp³-hybridized carbons (Fsp3) is 0.455. The summed E-state index contributed by atoms with van der Waals surface area (Å²) in [5.74, 6) is 2.16. The van der Waals surface area contributed by atoms with Gasteiger partial charge in [-0.3, -0.25) is 9.69 Å². The van der Waals surface area contributed by atoms with E-state index in [1.54, 1.807) is 23.1 Å². The average Bonchev–Trinajstić information content (AvgIpc) is 3.38. The third-order valence-corrected chi connectivity index (χ3v) is 5.66. The van der Waals surface area contributed by atoms with E-state index in [4.69, 9.17) is 9.15 Å². The molecule has 4 heterocycles. The first-order chi connectivity index (χ1) is 15.2. The number of hydrogen-bond donors (Lipinski definition) is 1. The summed E-state index contributed by atoms with van der Waals surface area (Å²) in [4.78, 5) is 24.3. The second kappa shape index (κ2) is 8.60. The van der Waals surface area contributed by atoms with E-state index < -0.39 is 0 Å². The highest BCUT2D eigenvalue weighted by Crippen LogP contribution is 2.42. The van der Waals surface area contributed by atoms with Gasteiger partial charge in [0.2, 0.25) is 0 Å². The summed E-state index contributed by atoms with van der Waals surface area (Å²) in [6.45, 7) is 6.63. The Labute approximate surface area is 180 Å². The number of rotatable bonds is 7. The molecule has 162 valence electrons. The maximum absolute atomic E-state index is 12.9. The van der Waals surface area contributed by atoms with Crippen molar-refractivity contribution in [1.29, 1.82) is 0 Å². The van der Waals surface area contributed by atoms with Crippen LogP contribution in [-0.4, -0.2) is 69.9 Å². The van der Waals surface area contributed by atoms with E-state index in [1.807, 2.05) is 19.1 Å². The molecular formula is C22H26N6O3. The topological polar surface area (TPSA) is 98.3 Å². The molecule has 3 aromatic heterocycles. The Morgan fingerprint density at radius 3 is 2.81 bits per heavy atom. The van der Waals surface area contributed by atoms with Crippen molar-refractivity contribution in [3.05, 3.63) is 47.6 Å². The van der Waals surface area contributed by atoms with E-state index in [-0.39, 0.29) is 5.91 Å². The largest absolute Gasteiger partial charge is 0.460 e. The monoisotopic (exact) mass is 422 g/mol. The molecule has 2 fully saturated rings. The van der Waals surface area contributed by atoms with Gasteiger partial charge in [0.1, 0.15) is 11.5 Å². The summed E-state index contributed by atoms with van der Waals surface area (Å²) >= 11 is 0. The van der Waals surface area contributed by atoms with Gasteiger partial charge in [-0.15, -0.1) is 0 Å². The molecule has 0 atom stereocenters. The Balaban J connectivity index is 1.34. The van der Waals surface area contributed by atoms with Gasteiger partial charge < -0.3 is 14.5 Å². The second-order valence-corrected chi connectivity index (χ2v) is 7.99. The van der Waals surface area contributed by atoms with E-state index in [2.05, 4.69) is 25.3 Å². The Hall–Kier alpha value is -3.04. The molecule has 0 aromatic carbocycles. The van der Waals surface area contributed by atoms with Gasteiger partial charge in [-0.25, -0.2) is 14.6 Å². The quantitative estimate of drug-likeness (QED) is 0.623. The molecule has 5 rings (SSSR count). The standard InChI is InChI=1S/C22H26N6O3/c1-15-2-5-19(31-15)18-6-7-24-22(26-18)28-20(16-3-4-16)17(14-25-28)21(29)23-8-9-27-10-12-30-13-11-27/h2,5-7,14,16H,3-4,8-13H2,1H3,(H,23,29). The van der Waals surface area contributed by atoms with Gasteiger partial charge in [0.15, 0.2) is 5.76 Å². The number of amides is 1. The molecule has 1 saturated carbocycles. The van der Waals surface area contributed by atoms with Crippen LogP contribution in [0.25, 0.3) is 17.4 Å². The molecule has 1 N–H and O–H groups in total. The zero-order chi connectivity index (χ0) is 21.2. The molecule has 1 saturated heterocycles.